The van der Waals surface area contributed by atoms with Crippen LogP contribution in [0.15, 0.2) is 37.0 Å². The van der Waals surface area contributed by atoms with Crippen LogP contribution in [0.1, 0.15) is 65.7 Å². The summed E-state index contributed by atoms with van der Waals surface area (Å²) in [6.45, 7) is 22.3. The molecule has 0 amide bonds. The predicted molar refractivity (Wildman–Crippen MR) is 131 cm³/mol. The van der Waals surface area contributed by atoms with Crippen LogP contribution in [-0.2, 0) is 4.43 Å². The average Bonchev–Trinajstić information content (AvgIpc) is 2.59. The van der Waals surface area contributed by atoms with E-state index < -0.39 is 26.7 Å². The van der Waals surface area contributed by atoms with Crippen LogP contribution in [0, 0.1) is 0 Å². The van der Waals surface area contributed by atoms with Gasteiger partial charge in [0.25, 0.3) is 0 Å². The summed E-state index contributed by atoms with van der Waals surface area (Å²) in [4.78, 5) is 0. The van der Waals surface area contributed by atoms with E-state index in [-0.39, 0.29) is 6.10 Å². The van der Waals surface area contributed by atoms with Crippen LogP contribution in [0.25, 0.3) is 0 Å². The number of hydrogen-bond donors (Lipinski definition) is 0. The molecule has 0 unspecified atom stereocenters. The van der Waals surface area contributed by atoms with Crippen molar-refractivity contribution in [2.75, 3.05) is 0 Å². The molecule has 0 spiro atoms. The van der Waals surface area contributed by atoms with Gasteiger partial charge < -0.3 is 0 Å². The van der Waals surface area contributed by atoms with Gasteiger partial charge >= 0.3 is 177 Å². The minimum atomic E-state index is -2.14. The van der Waals surface area contributed by atoms with Gasteiger partial charge in [-0.05, 0) is 0 Å². The van der Waals surface area contributed by atoms with Crippen molar-refractivity contribution >= 4 is 26.7 Å². The molecule has 0 radical (unpaired) electrons. The molecule has 158 valence electrons. The molecule has 1 nitrogen and oxygen atoms in total. The van der Waals surface area contributed by atoms with E-state index in [2.05, 4.69) is 59.6 Å². The first kappa shape index (κ1) is 27.2. The van der Waals surface area contributed by atoms with Gasteiger partial charge in [-0.25, -0.2) is 0 Å². The summed E-state index contributed by atoms with van der Waals surface area (Å²) in [5.41, 5.74) is 1.46. The molecule has 0 fully saturated rings. The van der Waals surface area contributed by atoms with E-state index in [0.717, 1.165) is 6.42 Å². The van der Waals surface area contributed by atoms with Gasteiger partial charge in [0.2, 0.25) is 0 Å². The van der Waals surface area contributed by atoms with Gasteiger partial charge in [0.1, 0.15) is 0 Å². The fourth-order valence-electron chi connectivity index (χ4n) is 3.99. The molecule has 0 aromatic heterocycles. The summed E-state index contributed by atoms with van der Waals surface area (Å²) in [5, 5.41) is 0. The Kier molecular flexibility index (Phi) is 15.2. The molecule has 0 aliphatic rings. The van der Waals surface area contributed by atoms with E-state index in [4.69, 9.17) is 4.43 Å². The van der Waals surface area contributed by atoms with Crippen molar-refractivity contribution in [1.82, 2.24) is 0 Å². The molecule has 0 saturated heterocycles. The van der Waals surface area contributed by atoms with Gasteiger partial charge in [-0.2, -0.15) is 0 Å². The predicted octanol–water partition coefficient (Wildman–Crippen LogP) is 8.74. The van der Waals surface area contributed by atoms with E-state index >= 15 is 0 Å². The molecular weight excluding hydrogens is 451 g/mol. The molecule has 1 atom stereocenters. The molecule has 0 aromatic carbocycles. The number of unbranched alkanes of at least 4 members (excludes halogenated alkanes) is 3. The first-order valence-electron chi connectivity index (χ1n) is 11.4. The van der Waals surface area contributed by atoms with Crippen molar-refractivity contribution in [3.63, 3.8) is 0 Å². The third kappa shape index (κ3) is 13.9. The van der Waals surface area contributed by atoms with Crippen molar-refractivity contribution in [2.45, 2.75) is 109 Å². The van der Waals surface area contributed by atoms with Crippen molar-refractivity contribution in [2.24, 2.45) is 0 Å². The maximum atomic E-state index is 6.44. The van der Waals surface area contributed by atoms with Crippen LogP contribution in [0.3, 0.4) is 0 Å². The molecule has 27 heavy (non-hydrogen) atoms. The van der Waals surface area contributed by atoms with Crippen LogP contribution >= 0.6 is 0 Å². The zero-order valence-electron chi connectivity index (χ0n) is 19.4. The fourth-order valence-corrected chi connectivity index (χ4v) is 21.6. The van der Waals surface area contributed by atoms with Crippen LogP contribution in [0.4, 0.5) is 0 Å². The second kappa shape index (κ2) is 15.1. The molecule has 0 rings (SSSR count). The molecule has 0 bridgehead atoms. The summed E-state index contributed by atoms with van der Waals surface area (Å²) in [7, 11) is -1.57. The van der Waals surface area contributed by atoms with Gasteiger partial charge in [0.15, 0.2) is 0 Å². The van der Waals surface area contributed by atoms with Crippen molar-refractivity contribution in [3.05, 3.63) is 37.0 Å². The van der Waals surface area contributed by atoms with E-state index in [1.54, 1.807) is 13.3 Å². The van der Waals surface area contributed by atoms with Gasteiger partial charge in [-0.3, -0.25) is 0 Å². The molecule has 0 heterocycles. The van der Waals surface area contributed by atoms with Crippen molar-refractivity contribution in [3.8, 4) is 0 Å². The minimum absolute atomic E-state index is 0.176. The molecule has 0 saturated carbocycles. The number of rotatable bonds is 17. The first-order valence-corrected chi connectivity index (χ1v) is 22.8. The number of hydrogen-bond acceptors (Lipinski definition) is 1. The molecule has 3 heteroatoms. The van der Waals surface area contributed by atoms with E-state index in [1.807, 2.05) is 12.2 Å². The fraction of sp³-hybridized carbons (Fsp3) is 0.750. The summed E-state index contributed by atoms with van der Waals surface area (Å²) >= 11 is -2.14. The third-order valence-electron chi connectivity index (χ3n) is 5.26. The normalized spacial score (nSPS) is 13.9. The van der Waals surface area contributed by atoms with Gasteiger partial charge in [0.05, 0.1) is 0 Å². The second-order valence-electron chi connectivity index (χ2n) is 9.33. The van der Waals surface area contributed by atoms with E-state index in [1.165, 1.54) is 48.5 Å². The topological polar surface area (TPSA) is 9.23 Å². The van der Waals surface area contributed by atoms with Crippen LogP contribution < -0.4 is 0 Å². The first-order chi connectivity index (χ1) is 12.7. The zero-order valence-corrected chi connectivity index (χ0v) is 23.3. The average molecular weight is 499 g/mol. The molecule has 0 aromatic rings. The summed E-state index contributed by atoms with van der Waals surface area (Å²) in [6.07, 6.45) is 15.6. The van der Waals surface area contributed by atoms with Gasteiger partial charge in [0, 0.05) is 0 Å². The Balaban J connectivity index is 5.22. The van der Waals surface area contributed by atoms with Gasteiger partial charge in [-0.1, -0.05) is 0 Å². The Bertz CT molecular complexity index is 414. The molecule has 0 aliphatic carbocycles. The van der Waals surface area contributed by atoms with Crippen LogP contribution in [-0.4, -0.2) is 32.8 Å². The van der Waals surface area contributed by atoms with Crippen LogP contribution in [0.2, 0.25) is 37.4 Å². The summed E-state index contributed by atoms with van der Waals surface area (Å²) in [6, 6.07) is 0. The molecular formula is C24H48OSiSn. The summed E-state index contributed by atoms with van der Waals surface area (Å²) < 4.78 is 12.5. The quantitative estimate of drug-likeness (QED) is 0.110. The van der Waals surface area contributed by atoms with E-state index in [9.17, 15) is 0 Å². The zero-order chi connectivity index (χ0) is 20.8. The summed E-state index contributed by atoms with van der Waals surface area (Å²) in [5.74, 6) is 0. The molecule has 0 N–H and O–H groups in total. The Morgan fingerprint density at radius 3 is 1.81 bits per heavy atom. The third-order valence-corrected chi connectivity index (χ3v) is 22.0. The Morgan fingerprint density at radius 1 is 0.963 bits per heavy atom. The van der Waals surface area contributed by atoms with E-state index in [0.29, 0.717) is 0 Å². The Morgan fingerprint density at radius 2 is 1.44 bits per heavy atom. The Labute approximate surface area is 176 Å². The number of allylic oxidation sites excluding steroid dienone is 2. The maximum absolute atomic E-state index is 6.44. The van der Waals surface area contributed by atoms with Crippen molar-refractivity contribution < 1.29 is 4.43 Å². The SMILES string of the molecule is C=C/C=C/[C@H](CC(=C)[CH2][Sn]([CH2]CCC)([CH2]CCC)[CH2]CCC)O[Si](C)(C)C. The Hall–Kier alpha value is 0.196. The van der Waals surface area contributed by atoms with Crippen molar-refractivity contribution in [1.29, 1.82) is 0 Å². The molecule has 0 aliphatic heterocycles. The second-order valence-corrected chi connectivity index (χ2v) is 27.6. The van der Waals surface area contributed by atoms with Gasteiger partial charge in [-0.15, -0.1) is 0 Å². The monoisotopic (exact) mass is 500 g/mol. The van der Waals surface area contributed by atoms with Crippen LogP contribution in [0.5, 0.6) is 0 Å². The standard InChI is InChI=1S/C12H21OSi.3C4H9.Sn/c1-7-8-9-12(10-11(2)3)13-14(4,5)6;3*1-3-4-2;/h7-9,12H,1-3,10H2,4-6H3;3*1,3-4H2,2H3;/b9-8+;;;;/t12-;;;;/m1..../s1.